The van der Waals surface area contributed by atoms with Crippen LogP contribution in [0.5, 0.6) is 0 Å². The molecule has 1 aromatic carbocycles. The lowest BCUT2D eigenvalue weighted by molar-refractivity contribution is -0.170. The number of nitrogens with zero attached hydrogens (tertiary/aromatic N) is 1. The van der Waals surface area contributed by atoms with E-state index in [4.69, 9.17) is 14.2 Å². The lowest BCUT2D eigenvalue weighted by Gasteiger charge is -2.30. The Morgan fingerprint density at radius 3 is 2.62 bits per heavy atom. The lowest BCUT2D eigenvalue weighted by atomic mass is 9.95. The number of imide groups is 1. The van der Waals surface area contributed by atoms with Gasteiger partial charge >= 0.3 is 6.09 Å². The average molecular weight is 363 g/mol. The third-order valence-corrected chi connectivity index (χ3v) is 4.96. The second-order valence-electron chi connectivity index (χ2n) is 7.02. The zero-order chi connectivity index (χ0) is 18.7. The fourth-order valence-corrected chi connectivity index (χ4v) is 3.38. The minimum absolute atomic E-state index is 0.159. The Balaban J connectivity index is 1.66. The molecule has 2 aliphatic heterocycles. The van der Waals surface area contributed by atoms with Crippen molar-refractivity contribution in [3.05, 3.63) is 35.9 Å². The topological polar surface area (TPSA) is 85.3 Å². The van der Waals surface area contributed by atoms with E-state index < -0.39 is 29.8 Å². The van der Waals surface area contributed by atoms with Crippen molar-refractivity contribution in [1.82, 2.24) is 4.90 Å². The molecule has 1 N–H and O–H groups in total. The van der Waals surface area contributed by atoms with Crippen LogP contribution in [0.2, 0.25) is 0 Å². The van der Waals surface area contributed by atoms with Gasteiger partial charge < -0.3 is 19.3 Å². The van der Waals surface area contributed by atoms with Gasteiger partial charge in [-0.05, 0) is 18.9 Å². The van der Waals surface area contributed by atoms with Crippen LogP contribution in [0.4, 0.5) is 4.79 Å². The fraction of sp³-hybridized carbons (Fsp3) is 0.579. The summed E-state index contributed by atoms with van der Waals surface area (Å²) in [6, 6.07) is 9.25. The molecule has 26 heavy (non-hydrogen) atoms. The van der Waals surface area contributed by atoms with Gasteiger partial charge in [0.05, 0.1) is 31.3 Å². The van der Waals surface area contributed by atoms with E-state index in [0.717, 1.165) is 10.5 Å². The van der Waals surface area contributed by atoms with Crippen molar-refractivity contribution in [2.24, 2.45) is 5.92 Å². The van der Waals surface area contributed by atoms with E-state index in [1.165, 1.54) is 0 Å². The van der Waals surface area contributed by atoms with Gasteiger partial charge in [0.2, 0.25) is 5.91 Å². The van der Waals surface area contributed by atoms with Crippen LogP contribution in [0.15, 0.2) is 30.3 Å². The van der Waals surface area contributed by atoms with Crippen molar-refractivity contribution in [1.29, 1.82) is 0 Å². The molecule has 3 atom stereocenters. The molecule has 2 aliphatic rings. The Bertz CT molecular complexity index is 643. The second-order valence-corrected chi connectivity index (χ2v) is 7.02. The number of rotatable bonds is 6. The van der Waals surface area contributed by atoms with Crippen LogP contribution in [0.1, 0.15) is 25.8 Å². The third kappa shape index (κ3) is 4.06. The van der Waals surface area contributed by atoms with Crippen molar-refractivity contribution in [3.63, 3.8) is 0 Å². The number of benzene rings is 1. The molecule has 0 aromatic heterocycles. The van der Waals surface area contributed by atoms with Gasteiger partial charge in [-0.2, -0.15) is 0 Å². The summed E-state index contributed by atoms with van der Waals surface area (Å²) in [6.07, 6.45) is -0.969. The van der Waals surface area contributed by atoms with Gasteiger partial charge in [-0.1, -0.05) is 37.3 Å². The zero-order valence-electron chi connectivity index (χ0n) is 15.1. The first-order valence-electron chi connectivity index (χ1n) is 8.89. The highest BCUT2D eigenvalue weighted by Gasteiger charge is 2.43. The number of hydrogen-bond donors (Lipinski definition) is 1. The minimum atomic E-state index is -0.989. The highest BCUT2D eigenvalue weighted by Crippen LogP contribution is 2.28. The highest BCUT2D eigenvalue weighted by atomic mass is 16.7. The Morgan fingerprint density at radius 1 is 1.31 bits per heavy atom. The van der Waals surface area contributed by atoms with Gasteiger partial charge in [-0.25, -0.2) is 9.69 Å². The number of aliphatic hydroxyl groups excluding tert-OH is 1. The van der Waals surface area contributed by atoms with Crippen LogP contribution in [-0.2, 0) is 25.4 Å². The minimum Gasteiger partial charge on any atom is -0.447 e. The lowest BCUT2D eigenvalue weighted by Crippen LogP contribution is -2.47. The van der Waals surface area contributed by atoms with Crippen LogP contribution in [-0.4, -0.2) is 59.8 Å². The summed E-state index contributed by atoms with van der Waals surface area (Å²) in [6.45, 7) is 4.43. The predicted molar refractivity (Wildman–Crippen MR) is 92.2 cm³/mol. The van der Waals surface area contributed by atoms with Crippen molar-refractivity contribution < 1.29 is 28.9 Å². The van der Waals surface area contributed by atoms with Crippen LogP contribution in [0, 0.1) is 5.92 Å². The summed E-state index contributed by atoms with van der Waals surface area (Å²) in [5.74, 6) is -2.12. The van der Waals surface area contributed by atoms with Crippen LogP contribution in [0.25, 0.3) is 0 Å². The molecule has 2 heterocycles. The molecule has 0 unspecified atom stereocenters. The predicted octanol–water partition coefficient (Wildman–Crippen LogP) is 1.73. The SMILES string of the molecule is C[C@@H](C(=O)N1C(=O)OC[C@H]1Cc1ccccc1)[C@@H](O)CC1(C)OCCO1. The summed E-state index contributed by atoms with van der Waals surface area (Å²) < 4.78 is 16.1. The van der Waals surface area contributed by atoms with Gasteiger partial charge in [0.15, 0.2) is 5.79 Å². The maximum Gasteiger partial charge on any atom is 0.416 e. The van der Waals surface area contributed by atoms with E-state index in [-0.39, 0.29) is 19.1 Å². The van der Waals surface area contributed by atoms with Gasteiger partial charge in [0, 0.05) is 6.42 Å². The van der Waals surface area contributed by atoms with E-state index in [9.17, 15) is 14.7 Å². The first-order chi connectivity index (χ1) is 12.4. The quantitative estimate of drug-likeness (QED) is 0.828. The molecule has 0 saturated carbocycles. The average Bonchev–Trinajstić information content (AvgIpc) is 3.20. The summed E-state index contributed by atoms with van der Waals surface area (Å²) in [7, 11) is 0. The van der Waals surface area contributed by atoms with Gasteiger partial charge in [-0.15, -0.1) is 0 Å². The summed E-state index contributed by atoms with van der Waals surface area (Å²) >= 11 is 0. The molecule has 0 bridgehead atoms. The molecule has 2 fully saturated rings. The van der Waals surface area contributed by atoms with E-state index >= 15 is 0 Å². The molecule has 142 valence electrons. The first-order valence-corrected chi connectivity index (χ1v) is 8.89. The number of carbonyl (C=O) groups is 2. The van der Waals surface area contributed by atoms with Crippen molar-refractivity contribution >= 4 is 12.0 Å². The van der Waals surface area contributed by atoms with E-state index in [1.54, 1.807) is 13.8 Å². The Morgan fingerprint density at radius 2 is 1.96 bits per heavy atom. The van der Waals surface area contributed by atoms with Gasteiger partial charge in [-0.3, -0.25) is 4.79 Å². The maximum atomic E-state index is 12.9. The summed E-state index contributed by atoms with van der Waals surface area (Å²) in [4.78, 5) is 26.1. The van der Waals surface area contributed by atoms with Gasteiger partial charge in [0.1, 0.15) is 6.61 Å². The Hall–Kier alpha value is -1.96. The first kappa shape index (κ1) is 18.8. The molecule has 7 heteroatoms. The normalized spacial score (nSPS) is 24.3. The van der Waals surface area contributed by atoms with Crippen molar-refractivity contribution in [3.8, 4) is 0 Å². The molecule has 0 spiro atoms. The molecule has 0 radical (unpaired) electrons. The monoisotopic (exact) mass is 363 g/mol. The molecule has 2 amide bonds. The number of carbonyl (C=O) groups excluding carboxylic acids is 2. The number of cyclic esters (lactones) is 1. The summed E-state index contributed by atoms with van der Waals surface area (Å²) in [5, 5.41) is 10.5. The van der Waals surface area contributed by atoms with E-state index in [2.05, 4.69) is 0 Å². The molecule has 2 saturated heterocycles. The largest absolute Gasteiger partial charge is 0.447 e. The molecule has 0 aliphatic carbocycles. The standard InChI is InChI=1S/C19H25NO6/c1-13(16(21)11-19(2)25-8-9-26-19)17(22)20-15(12-24-18(20)23)10-14-6-4-3-5-7-14/h3-7,13,15-16,21H,8-12H2,1-2H3/t13-,15-,16+/m1/s1. The smallest absolute Gasteiger partial charge is 0.416 e. The highest BCUT2D eigenvalue weighted by molar-refractivity contribution is 5.95. The number of ether oxygens (including phenoxy) is 3. The number of amides is 2. The number of hydrogen-bond acceptors (Lipinski definition) is 6. The van der Waals surface area contributed by atoms with E-state index in [1.807, 2.05) is 30.3 Å². The fourth-order valence-electron chi connectivity index (χ4n) is 3.38. The Labute approximate surface area is 152 Å². The second kappa shape index (κ2) is 7.73. The molecular weight excluding hydrogens is 338 g/mol. The molecule has 3 rings (SSSR count). The number of aliphatic hydroxyl groups is 1. The van der Waals surface area contributed by atoms with Gasteiger partial charge in [0.25, 0.3) is 0 Å². The molecular formula is C19H25NO6. The van der Waals surface area contributed by atoms with Crippen molar-refractivity contribution in [2.75, 3.05) is 19.8 Å². The van der Waals surface area contributed by atoms with Crippen LogP contribution >= 0.6 is 0 Å². The maximum absolute atomic E-state index is 12.9. The summed E-state index contributed by atoms with van der Waals surface area (Å²) in [5.41, 5.74) is 1.02. The molecule has 7 nitrogen and oxygen atoms in total. The third-order valence-electron chi connectivity index (χ3n) is 4.96. The zero-order valence-corrected chi connectivity index (χ0v) is 15.1. The molecule has 1 aromatic rings. The van der Waals surface area contributed by atoms with Crippen LogP contribution < -0.4 is 0 Å². The van der Waals surface area contributed by atoms with Crippen LogP contribution in [0.3, 0.4) is 0 Å². The van der Waals surface area contributed by atoms with E-state index in [0.29, 0.717) is 19.6 Å². The van der Waals surface area contributed by atoms with Crippen molar-refractivity contribution in [2.45, 2.75) is 44.6 Å². The Kier molecular flexibility index (Phi) is 5.60.